The Bertz CT molecular complexity index is 644. The second-order valence-corrected chi connectivity index (χ2v) is 4.88. The smallest absolute Gasteiger partial charge is 0.141 e. The van der Waals surface area contributed by atoms with E-state index in [1.807, 2.05) is 36.4 Å². The lowest BCUT2D eigenvalue weighted by atomic mass is 9.90. The van der Waals surface area contributed by atoms with Crippen molar-refractivity contribution in [2.45, 2.75) is 5.92 Å². The van der Waals surface area contributed by atoms with Gasteiger partial charge in [0.25, 0.3) is 0 Å². The van der Waals surface area contributed by atoms with Gasteiger partial charge in [-0.15, -0.1) is 0 Å². The lowest BCUT2D eigenvalue weighted by molar-refractivity contribution is 0.854. The summed E-state index contributed by atoms with van der Waals surface area (Å²) in [7, 11) is 0. The zero-order valence-corrected chi connectivity index (χ0v) is 11.5. The van der Waals surface area contributed by atoms with Crippen molar-refractivity contribution in [3.05, 3.63) is 95.0 Å². The average Bonchev–Trinajstić information content (AvgIpc) is 2.50. The summed E-state index contributed by atoms with van der Waals surface area (Å²) >= 11 is 6.01. The van der Waals surface area contributed by atoms with Crippen LogP contribution in [0, 0.1) is 0 Å². The maximum Gasteiger partial charge on any atom is 0.141 e. The number of nitrogens with zero attached hydrogens (tertiary/aromatic N) is 2. The van der Waals surface area contributed by atoms with E-state index in [9.17, 15) is 0 Å². The third-order valence-electron chi connectivity index (χ3n) is 3.16. The van der Waals surface area contributed by atoms with Crippen LogP contribution in [0.25, 0.3) is 0 Å². The second-order valence-electron chi connectivity index (χ2n) is 4.49. The number of hydrogen-bond donors (Lipinski definition) is 0. The molecule has 98 valence electrons. The molecule has 2 aromatic carbocycles. The number of benzene rings is 2. The molecule has 1 heterocycles. The van der Waals surface area contributed by atoms with Crippen LogP contribution >= 0.6 is 11.6 Å². The van der Waals surface area contributed by atoms with Crippen LogP contribution in [0.15, 0.2) is 72.9 Å². The van der Waals surface area contributed by atoms with Crippen molar-refractivity contribution in [2.24, 2.45) is 0 Å². The highest BCUT2D eigenvalue weighted by Crippen LogP contribution is 2.29. The lowest BCUT2D eigenvalue weighted by Gasteiger charge is -2.16. The first kappa shape index (κ1) is 12.8. The van der Waals surface area contributed by atoms with Gasteiger partial charge in [0.1, 0.15) is 11.0 Å². The summed E-state index contributed by atoms with van der Waals surface area (Å²) < 4.78 is 0. The third-order valence-corrected chi connectivity index (χ3v) is 3.37. The van der Waals surface area contributed by atoms with Crippen LogP contribution in [-0.4, -0.2) is 9.97 Å². The minimum Gasteiger partial charge on any atom is -0.240 e. The summed E-state index contributed by atoms with van der Waals surface area (Å²) in [5.41, 5.74) is 2.31. The fourth-order valence-electron chi connectivity index (χ4n) is 2.27. The van der Waals surface area contributed by atoms with Crippen LogP contribution in [0.2, 0.25) is 5.15 Å². The average molecular weight is 281 g/mol. The van der Waals surface area contributed by atoms with Crippen LogP contribution in [-0.2, 0) is 0 Å². The standard InChI is InChI=1S/C17H13ClN2/c18-15-11-12-19-17(20-15)16(13-7-3-1-4-8-13)14-9-5-2-6-10-14/h1-12,16H. The molecule has 0 aliphatic carbocycles. The first-order valence-corrected chi connectivity index (χ1v) is 6.81. The van der Waals surface area contributed by atoms with Crippen LogP contribution < -0.4 is 0 Å². The Balaban J connectivity index is 2.14. The third kappa shape index (κ3) is 2.70. The molecule has 0 saturated heterocycles. The van der Waals surface area contributed by atoms with Crippen molar-refractivity contribution < 1.29 is 0 Å². The van der Waals surface area contributed by atoms with E-state index < -0.39 is 0 Å². The van der Waals surface area contributed by atoms with Crippen molar-refractivity contribution in [3.63, 3.8) is 0 Å². The van der Waals surface area contributed by atoms with E-state index in [0.29, 0.717) is 5.15 Å². The fraction of sp³-hybridized carbons (Fsp3) is 0.0588. The normalized spacial score (nSPS) is 10.7. The van der Waals surface area contributed by atoms with E-state index in [1.54, 1.807) is 12.3 Å². The molecule has 0 radical (unpaired) electrons. The molecule has 0 saturated carbocycles. The summed E-state index contributed by atoms with van der Waals surface area (Å²) in [6, 6.07) is 22.1. The molecule has 2 nitrogen and oxygen atoms in total. The SMILES string of the molecule is Clc1ccnc(C(c2ccccc2)c2ccccc2)n1. The van der Waals surface area contributed by atoms with E-state index >= 15 is 0 Å². The minimum absolute atomic E-state index is 0.00361. The summed E-state index contributed by atoms with van der Waals surface area (Å²) in [4.78, 5) is 8.78. The molecule has 0 unspecified atom stereocenters. The zero-order chi connectivity index (χ0) is 13.8. The molecule has 0 fully saturated rings. The molecular formula is C17H13ClN2. The maximum absolute atomic E-state index is 6.01. The molecule has 1 aromatic heterocycles. The van der Waals surface area contributed by atoms with Crippen LogP contribution in [0.4, 0.5) is 0 Å². The topological polar surface area (TPSA) is 25.8 Å². The number of halogens is 1. The molecule has 0 N–H and O–H groups in total. The predicted molar refractivity (Wildman–Crippen MR) is 80.9 cm³/mol. The molecule has 3 aromatic rings. The molecule has 0 atom stereocenters. The lowest BCUT2D eigenvalue weighted by Crippen LogP contribution is -2.07. The molecular weight excluding hydrogens is 268 g/mol. The zero-order valence-electron chi connectivity index (χ0n) is 10.8. The summed E-state index contributed by atoms with van der Waals surface area (Å²) in [5, 5.41) is 0.465. The molecule has 0 aliphatic heterocycles. The number of aromatic nitrogens is 2. The van der Waals surface area contributed by atoms with Crippen molar-refractivity contribution in [2.75, 3.05) is 0 Å². The Hall–Kier alpha value is -2.19. The monoisotopic (exact) mass is 280 g/mol. The first-order valence-electron chi connectivity index (χ1n) is 6.43. The van der Waals surface area contributed by atoms with Gasteiger partial charge in [0, 0.05) is 6.20 Å². The van der Waals surface area contributed by atoms with Crippen molar-refractivity contribution in [3.8, 4) is 0 Å². The van der Waals surface area contributed by atoms with Gasteiger partial charge >= 0.3 is 0 Å². The van der Waals surface area contributed by atoms with Gasteiger partial charge in [0.05, 0.1) is 5.92 Å². The Labute approximate surface area is 123 Å². The molecule has 0 aliphatic rings. The quantitative estimate of drug-likeness (QED) is 0.668. The van der Waals surface area contributed by atoms with Gasteiger partial charge in [0.15, 0.2) is 0 Å². The van der Waals surface area contributed by atoms with Crippen LogP contribution in [0.3, 0.4) is 0 Å². The highest BCUT2D eigenvalue weighted by molar-refractivity contribution is 6.29. The van der Waals surface area contributed by atoms with Crippen molar-refractivity contribution >= 4 is 11.6 Å². The summed E-state index contributed by atoms with van der Waals surface area (Å²) in [6.07, 6.45) is 1.70. The largest absolute Gasteiger partial charge is 0.240 e. The van der Waals surface area contributed by atoms with E-state index in [1.165, 1.54) is 0 Å². The Morgan fingerprint density at radius 2 is 1.30 bits per heavy atom. The van der Waals surface area contributed by atoms with E-state index in [4.69, 9.17) is 11.6 Å². The molecule has 0 bridgehead atoms. The van der Waals surface area contributed by atoms with Crippen molar-refractivity contribution in [1.82, 2.24) is 9.97 Å². The van der Waals surface area contributed by atoms with E-state index in [-0.39, 0.29) is 5.92 Å². The molecule has 3 heteroatoms. The second kappa shape index (κ2) is 5.85. The predicted octanol–water partition coefficient (Wildman–Crippen LogP) is 4.31. The van der Waals surface area contributed by atoms with E-state index in [0.717, 1.165) is 17.0 Å². The van der Waals surface area contributed by atoms with Gasteiger partial charge in [-0.1, -0.05) is 72.3 Å². The van der Waals surface area contributed by atoms with Crippen molar-refractivity contribution in [1.29, 1.82) is 0 Å². The van der Waals surface area contributed by atoms with Gasteiger partial charge in [0.2, 0.25) is 0 Å². The van der Waals surface area contributed by atoms with Gasteiger partial charge in [-0.3, -0.25) is 0 Å². The molecule has 3 rings (SSSR count). The Morgan fingerprint density at radius 1 is 0.750 bits per heavy atom. The highest BCUT2D eigenvalue weighted by atomic mass is 35.5. The van der Waals surface area contributed by atoms with Gasteiger partial charge in [-0.2, -0.15) is 0 Å². The fourth-order valence-corrected chi connectivity index (χ4v) is 2.41. The summed E-state index contributed by atoms with van der Waals surface area (Å²) in [6.45, 7) is 0. The van der Waals surface area contributed by atoms with Gasteiger partial charge in [-0.25, -0.2) is 9.97 Å². The number of rotatable bonds is 3. The minimum atomic E-state index is -0.00361. The molecule has 0 spiro atoms. The Morgan fingerprint density at radius 3 is 1.80 bits per heavy atom. The van der Waals surface area contributed by atoms with Gasteiger partial charge < -0.3 is 0 Å². The van der Waals surface area contributed by atoms with Gasteiger partial charge in [-0.05, 0) is 17.2 Å². The van der Waals surface area contributed by atoms with Crippen LogP contribution in [0.1, 0.15) is 22.9 Å². The van der Waals surface area contributed by atoms with E-state index in [2.05, 4.69) is 34.2 Å². The molecule has 0 amide bonds. The summed E-state index contributed by atoms with van der Waals surface area (Å²) in [5.74, 6) is 0.714. The Kier molecular flexibility index (Phi) is 3.75. The van der Waals surface area contributed by atoms with Crippen LogP contribution in [0.5, 0.6) is 0 Å². The highest BCUT2D eigenvalue weighted by Gasteiger charge is 2.19. The first-order chi connectivity index (χ1) is 9.84. The number of hydrogen-bond acceptors (Lipinski definition) is 2. The maximum atomic E-state index is 6.01. The molecule has 20 heavy (non-hydrogen) atoms.